The van der Waals surface area contributed by atoms with Crippen LogP contribution in [0.1, 0.15) is 5.69 Å². The van der Waals surface area contributed by atoms with Crippen molar-refractivity contribution < 1.29 is 23.7 Å². The van der Waals surface area contributed by atoms with E-state index in [0.717, 1.165) is 0 Å². The Labute approximate surface area is 105 Å². The normalized spacial score (nSPS) is 15.6. The molecule has 0 N–H and O–H groups in total. The van der Waals surface area contributed by atoms with Gasteiger partial charge in [0.05, 0.1) is 38.6 Å². The van der Waals surface area contributed by atoms with Crippen molar-refractivity contribution in [2.45, 2.75) is 12.7 Å². The summed E-state index contributed by atoms with van der Waals surface area (Å²) in [4.78, 5) is 15.1. The van der Waals surface area contributed by atoms with Gasteiger partial charge in [-0.1, -0.05) is 0 Å². The zero-order chi connectivity index (χ0) is 12.8. The third kappa shape index (κ3) is 3.68. The van der Waals surface area contributed by atoms with E-state index in [1.165, 1.54) is 7.11 Å². The largest absolute Gasteiger partial charge is 0.487 e. The number of carbonyl (C=O) groups is 1. The second-order valence-corrected chi connectivity index (χ2v) is 3.72. The molecule has 6 heteroatoms. The van der Waals surface area contributed by atoms with Crippen molar-refractivity contribution >= 4 is 5.97 Å². The van der Waals surface area contributed by atoms with Crippen LogP contribution in [0, 0.1) is 0 Å². The highest BCUT2D eigenvalue weighted by molar-refractivity contribution is 5.71. The molecule has 2 heterocycles. The average molecular weight is 253 g/mol. The summed E-state index contributed by atoms with van der Waals surface area (Å²) in [5.74, 6) is 0.298. The molecule has 6 nitrogen and oxygen atoms in total. The fourth-order valence-electron chi connectivity index (χ4n) is 1.49. The van der Waals surface area contributed by atoms with Crippen molar-refractivity contribution in [2.24, 2.45) is 0 Å². The molecule has 1 aromatic rings. The maximum absolute atomic E-state index is 11.0. The lowest BCUT2D eigenvalue weighted by molar-refractivity contribution is -0.139. The lowest BCUT2D eigenvalue weighted by atomic mass is 10.3. The second kappa shape index (κ2) is 6.32. The molecule has 0 radical (unpaired) electrons. The highest BCUT2D eigenvalue weighted by Gasteiger charge is 2.16. The van der Waals surface area contributed by atoms with Gasteiger partial charge in [0, 0.05) is 0 Å². The molecule has 0 saturated carbocycles. The predicted molar refractivity (Wildman–Crippen MR) is 61.1 cm³/mol. The van der Waals surface area contributed by atoms with Gasteiger partial charge in [-0.2, -0.15) is 0 Å². The van der Waals surface area contributed by atoms with Gasteiger partial charge in [0.2, 0.25) is 0 Å². The van der Waals surface area contributed by atoms with Gasteiger partial charge in [0.15, 0.2) is 6.29 Å². The highest BCUT2D eigenvalue weighted by atomic mass is 16.7. The van der Waals surface area contributed by atoms with Crippen LogP contribution in [0.3, 0.4) is 0 Å². The fraction of sp³-hybridized carbons (Fsp3) is 0.500. The molecule has 0 spiro atoms. The van der Waals surface area contributed by atoms with Crippen molar-refractivity contribution in [3.63, 3.8) is 0 Å². The average Bonchev–Trinajstić information content (AvgIpc) is 2.91. The number of nitrogens with zero attached hydrogens (tertiary/aromatic N) is 1. The molecule has 0 amide bonds. The van der Waals surface area contributed by atoms with E-state index in [1.54, 1.807) is 18.3 Å². The smallest absolute Gasteiger partial charge is 0.311 e. The Morgan fingerprint density at radius 3 is 2.83 bits per heavy atom. The van der Waals surface area contributed by atoms with Crippen LogP contribution in [-0.2, 0) is 25.4 Å². The number of carbonyl (C=O) groups excluding carboxylic acids is 1. The number of rotatable bonds is 5. The molecule has 0 aromatic carbocycles. The van der Waals surface area contributed by atoms with Gasteiger partial charge < -0.3 is 18.9 Å². The monoisotopic (exact) mass is 253 g/mol. The van der Waals surface area contributed by atoms with E-state index in [2.05, 4.69) is 9.72 Å². The van der Waals surface area contributed by atoms with Crippen LogP contribution >= 0.6 is 0 Å². The SMILES string of the molecule is COC(=O)Cc1ccc(OCC2OCCO2)cn1. The molecule has 2 rings (SSSR count). The zero-order valence-corrected chi connectivity index (χ0v) is 10.1. The van der Waals surface area contributed by atoms with Crippen LogP contribution in [0.25, 0.3) is 0 Å². The summed E-state index contributed by atoms with van der Waals surface area (Å²) in [6.45, 7) is 1.53. The Balaban J connectivity index is 1.81. The molecule has 1 fully saturated rings. The molecule has 98 valence electrons. The summed E-state index contributed by atoms with van der Waals surface area (Å²) < 4.78 is 20.5. The predicted octanol–water partition coefficient (Wildman–Crippen LogP) is 0.549. The summed E-state index contributed by atoms with van der Waals surface area (Å²) in [6, 6.07) is 3.48. The Morgan fingerprint density at radius 2 is 2.22 bits per heavy atom. The van der Waals surface area contributed by atoms with Gasteiger partial charge in [0.1, 0.15) is 12.4 Å². The lowest BCUT2D eigenvalue weighted by Gasteiger charge is -2.10. The molecule has 1 saturated heterocycles. The van der Waals surface area contributed by atoms with E-state index in [4.69, 9.17) is 14.2 Å². The Bertz CT molecular complexity index is 386. The maximum Gasteiger partial charge on any atom is 0.311 e. The first-order valence-corrected chi connectivity index (χ1v) is 5.65. The van der Waals surface area contributed by atoms with Gasteiger partial charge in [-0.25, -0.2) is 0 Å². The van der Waals surface area contributed by atoms with E-state index in [1.807, 2.05) is 0 Å². The minimum Gasteiger partial charge on any atom is -0.487 e. The van der Waals surface area contributed by atoms with E-state index < -0.39 is 0 Å². The second-order valence-electron chi connectivity index (χ2n) is 3.72. The number of ether oxygens (including phenoxy) is 4. The number of esters is 1. The zero-order valence-electron chi connectivity index (χ0n) is 10.1. The molecular weight excluding hydrogens is 238 g/mol. The van der Waals surface area contributed by atoms with Crippen LogP contribution in [0.15, 0.2) is 18.3 Å². The van der Waals surface area contributed by atoms with Crippen molar-refractivity contribution in [3.05, 3.63) is 24.0 Å². The van der Waals surface area contributed by atoms with Gasteiger partial charge >= 0.3 is 5.97 Å². The van der Waals surface area contributed by atoms with Crippen LogP contribution in [-0.4, -0.2) is 44.2 Å². The lowest BCUT2D eigenvalue weighted by Crippen LogP contribution is -2.18. The molecular formula is C12H15NO5. The molecule has 0 unspecified atom stereocenters. The van der Waals surface area contributed by atoms with Crippen molar-refractivity contribution in [2.75, 3.05) is 26.9 Å². The molecule has 0 atom stereocenters. The number of pyridine rings is 1. The van der Waals surface area contributed by atoms with Crippen molar-refractivity contribution in [3.8, 4) is 5.75 Å². The topological polar surface area (TPSA) is 66.9 Å². The minimum absolute atomic E-state index is 0.158. The minimum atomic E-state index is -0.316. The molecule has 18 heavy (non-hydrogen) atoms. The summed E-state index contributed by atoms with van der Waals surface area (Å²) in [7, 11) is 1.35. The number of hydrogen-bond donors (Lipinski definition) is 0. The molecule has 1 aliphatic heterocycles. The van der Waals surface area contributed by atoms with Crippen LogP contribution < -0.4 is 4.74 Å². The van der Waals surface area contributed by atoms with E-state index in [0.29, 0.717) is 31.3 Å². The maximum atomic E-state index is 11.0. The van der Waals surface area contributed by atoms with Crippen LogP contribution in [0.4, 0.5) is 0 Å². The summed E-state index contributed by atoms with van der Waals surface area (Å²) in [5.41, 5.74) is 0.641. The Kier molecular flexibility index (Phi) is 4.49. The number of methoxy groups -OCH3 is 1. The Morgan fingerprint density at radius 1 is 1.44 bits per heavy atom. The van der Waals surface area contributed by atoms with Gasteiger partial charge in [-0.3, -0.25) is 9.78 Å². The first-order chi connectivity index (χ1) is 8.78. The first kappa shape index (κ1) is 12.8. The van der Waals surface area contributed by atoms with E-state index in [9.17, 15) is 4.79 Å². The Hall–Kier alpha value is -1.66. The molecule has 0 bridgehead atoms. The van der Waals surface area contributed by atoms with Gasteiger partial charge in [-0.05, 0) is 12.1 Å². The van der Waals surface area contributed by atoms with Crippen molar-refractivity contribution in [1.29, 1.82) is 0 Å². The molecule has 1 aliphatic rings. The summed E-state index contributed by atoms with van der Waals surface area (Å²) in [6.07, 6.45) is 1.42. The number of hydrogen-bond acceptors (Lipinski definition) is 6. The van der Waals surface area contributed by atoms with Crippen LogP contribution in [0.5, 0.6) is 5.75 Å². The number of aromatic nitrogens is 1. The third-order valence-electron chi connectivity index (χ3n) is 2.43. The first-order valence-electron chi connectivity index (χ1n) is 5.65. The molecule has 1 aromatic heterocycles. The molecule has 0 aliphatic carbocycles. The third-order valence-corrected chi connectivity index (χ3v) is 2.43. The van der Waals surface area contributed by atoms with Gasteiger partial charge in [-0.15, -0.1) is 0 Å². The van der Waals surface area contributed by atoms with E-state index in [-0.39, 0.29) is 18.7 Å². The summed E-state index contributed by atoms with van der Waals surface area (Å²) >= 11 is 0. The van der Waals surface area contributed by atoms with Gasteiger partial charge in [0.25, 0.3) is 0 Å². The fourth-order valence-corrected chi connectivity index (χ4v) is 1.49. The quantitative estimate of drug-likeness (QED) is 0.714. The highest BCUT2D eigenvalue weighted by Crippen LogP contribution is 2.12. The standard InChI is InChI=1S/C12H15NO5/c1-15-11(14)6-9-2-3-10(7-13-9)18-8-12-16-4-5-17-12/h2-3,7,12H,4-6,8H2,1H3. The van der Waals surface area contributed by atoms with Crippen LogP contribution in [0.2, 0.25) is 0 Å². The summed E-state index contributed by atoms with van der Waals surface area (Å²) in [5, 5.41) is 0. The van der Waals surface area contributed by atoms with Crippen molar-refractivity contribution in [1.82, 2.24) is 4.98 Å². The van der Waals surface area contributed by atoms with E-state index >= 15 is 0 Å².